The highest BCUT2D eigenvalue weighted by Gasteiger charge is 2.20. The lowest BCUT2D eigenvalue weighted by Gasteiger charge is -2.18. The molecule has 4 heteroatoms. The van der Waals surface area contributed by atoms with Gasteiger partial charge in [-0.2, -0.15) is 0 Å². The number of carbonyl (C=O) groups is 1. The molecule has 2 N–H and O–H groups in total. The summed E-state index contributed by atoms with van der Waals surface area (Å²) >= 11 is 0. The minimum atomic E-state index is -0.827. The van der Waals surface area contributed by atoms with Crippen LogP contribution in [0.15, 0.2) is 54.6 Å². The third-order valence-corrected chi connectivity index (χ3v) is 3.34. The van der Waals surface area contributed by atoms with Crippen LogP contribution in [0.2, 0.25) is 0 Å². The summed E-state index contributed by atoms with van der Waals surface area (Å²) in [7, 11) is 0. The van der Waals surface area contributed by atoms with E-state index < -0.39 is 12.0 Å². The molecule has 0 radical (unpaired) electrons. The van der Waals surface area contributed by atoms with Crippen molar-refractivity contribution in [2.24, 2.45) is 5.92 Å². The second-order valence-electron chi connectivity index (χ2n) is 5.50. The first-order valence-electron chi connectivity index (χ1n) is 7.34. The number of hydrogen-bond acceptors (Lipinski definition) is 3. The number of nitrogens with one attached hydrogen (secondary N) is 1. The molecule has 0 fully saturated rings. The minimum absolute atomic E-state index is 0.0289. The van der Waals surface area contributed by atoms with Crippen molar-refractivity contribution in [1.29, 1.82) is 0 Å². The molecule has 0 aromatic heterocycles. The largest absolute Gasteiger partial charge is 0.480 e. The molecular weight excluding hydrogens is 278 g/mol. The molecule has 0 aliphatic carbocycles. The number of carboxylic acid groups (broad SMARTS) is 1. The smallest absolute Gasteiger partial charge is 0.320 e. The summed E-state index contributed by atoms with van der Waals surface area (Å²) in [6.07, 6.45) is 0. The molecule has 0 spiro atoms. The maximum Gasteiger partial charge on any atom is 0.320 e. The van der Waals surface area contributed by atoms with E-state index in [2.05, 4.69) is 5.32 Å². The summed E-state index contributed by atoms with van der Waals surface area (Å²) in [6.45, 7) is 4.27. The van der Waals surface area contributed by atoms with Gasteiger partial charge in [-0.25, -0.2) is 0 Å². The monoisotopic (exact) mass is 299 g/mol. The van der Waals surface area contributed by atoms with Crippen LogP contribution in [-0.2, 0) is 11.3 Å². The van der Waals surface area contributed by atoms with Crippen molar-refractivity contribution in [1.82, 2.24) is 5.32 Å². The summed E-state index contributed by atoms with van der Waals surface area (Å²) in [5, 5.41) is 12.3. The fraction of sp³-hybridized carbons (Fsp3) is 0.278. The summed E-state index contributed by atoms with van der Waals surface area (Å²) in [6, 6.07) is 16.7. The quantitative estimate of drug-likeness (QED) is 0.819. The molecule has 116 valence electrons. The molecule has 22 heavy (non-hydrogen) atoms. The normalized spacial score (nSPS) is 12.1. The highest BCUT2D eigenvalue weighted by Crippen LogP contribution is 2.21. The average Bonchev–Trinajstić information content (AvgIpc) is 2.48. The highest BCUT2D eigenvalue weighted by molar-refractivity contribution is 5.73. The van der Waals surface area contributed by atoms with Crippen LogP contribution in [0.1, 0.15) is 19.4 Å². The molecule has 0 heterocycles. The van der Waals surface area contributed by atoms with Crippen LogP contribution in [0.25, 0.3) is 0 Å². The topological polar surface area (TPSA) is 58.6 Å². The van der Waals surface area contributed by atoms with Crippen molar-refractivity contribution in [3.63, 3.8) is 0 Å². The molecule has 2 aromatic rings. The molecule has 0 bridgehead atoms. The fourth-order valence-corrected chi connectivity index (χ4v) is 2.18. The van der Waals surface area contributed by atoms with Gasteiger partial charge in [0.15, 0.2) is 0 Å². The Kier molecular flexibility index (Phi) is 5.55. The van der Waals surface area contributed by atoms with Gasteiger partial charge in [-0.15, -0.1) is 0 Å². The second kappa shape index (κ2) is 7.61. The zero-order valence-corrected chi connectivity index (χ0v) is 12.8. The Hall–Kier alpha value is -2.33. The van der Waals surface area contributed by atoms with Crippen molar-refractivity contribution in [2.45, 2.75) is 26.4 Å². The van der Waals surface area contributed by atoms with E-state index in [4.69, 9.17) is 4.74 Å². The van der Waals surface area contributed by atoms with Gasteiger partial charge in [0.25, 0.3) is 0 Å². The van der Waals surface area contributed by atoms with E-state index in [1.807, 2.05) is 68.4 Å². The molecule has 2 rings (SSSR count). The van der Waals surface area contributed by atoms with Crippen LogP contribution in [0.5, 0.6) is 11.5 Å². The van der Waals surface area contributed by atoms with Crippen molar-refractivity contribution in [2.75, 3.05) is 0 Å². The number of rotatable bonds is 7. The molecule has 1 atom stereocenters. The van der Waals surface area contributed by atoms with Crippen molar-refractivity contribution in [3.8, 4) is 11.5 Å². The molecule has 4 nitrogen and oxygen atoms in total. The third kappa shape index (κ3) is 4.60. The molecule has 2 aromatic carbocycles. The maximum atomic E-state index is 11.2. The first kappa shape index (κ1) is 16.0. The van der Waals surface area contributed by atoms with Crippen molar-refractivity contribution in [3.05, 3.63) is 60.2 Å². The van der Waals surface area contributed by atoms with Gasteiger partial charge in [0.05, 0.1) is 0 Å². The zero-order valence-electron chi connectivity index (χ0n) is 12.8. The van der Waals surface area contributed by atoms with Gasteiger partial charge in [0.2, 0.25) is 0 Å². The Labute approximate surface area is 130 Å². The SMILES string of the molecule is CC(C)[C@@H](NCc1cccc(Oc2ccccc2)c1)C(=O)O. The average molecular weight is 299 g/mol. The van der Waals surface area contributed by atoms with E-state index in [1.165, 1.54) is 0 Å². The van der Waals surface area contributed by atoms with Gasteiger partial charge < -0.3 is 15.2 Å². The first-order valence-corrected chi connectivity index (χ1v) is 7.34. The second-order valence-corrected chi connectivity index (χ2v) is 5.50. The van der Waals surface area contributed by atoms with Gasteiger partial charge in [0.1, 0.15) is 17.5 Å². The molecule has 0 saturated heterocycles. The van der Waals surface area contributed by atoms with Crippen LogP contribution in [0.4, 0.5) is 0 Å². The number of benzene rings is 2. The van der Waals surface area contributed by atoms with E-state index in [1.54, 1.807) is 0 Å². The summed E-state index contributed by atoms with van der Waals surface area (Å²) < 4.78 is 5.78. The van der Waals surface area contributed by atoms with Crippen molar-refractivity contribution < 1.29 is 14.6 Å². The Morgan fingerprint density at radius 2 is 1.77 bits per heavy atom. The lowest BCUT2D eigenvalue weighted by Crippen LogP contribution is -2.40. The molecule has 0 unspecified atom stereocenters. The zero-order chi connectivity index (χ0) is 15.9. The number of carboxylic acids is 1. The summed E-state index contributed by atoms with van der Waals surface area (Å²) in [5.41, 5.74) is 0.986. The van der Waals surface area contributed by atoms with Crippen LogP contribution >= 0.6 is 0 Å². The Morgan fingerprint density at radius 1 is 1.09 bits per heavy atom. The molecule has 0 saturated carbocycles. The lowest BCUT2D eigenvalue weighted by molar-refractivity contribution is -0.140. The van der Waals surface area contributed by atoms with Crippen LogP contribution in [-0.4, -0.2) is 17.1 Å². The van der Waals surface area contributed by atoms with Crippen LogP contribution in [0, 0.1) is 5.92 Å². The van der Waals surface area contributed by atoms with Gasteiger partial charge >= 0.3 is 5.97 Å². The minimum Gasteiger partial charge on any atom is -0.480 e. The number of aliphatic carboxylic acids is 1. The number of ether oxygens (including phenoxy) is 1. The predicted molar refractivity (Wildman–Crippen MR) is 86.1 cm³/mol. The third-order valence-electron chi connectivity index (χ3n) is 3.34. The first-order chi connectivity index (χ1) is 10.6. The van der Waals surface area contributed by atoms with Gasteiger partial charge in [-0.05, 0) is 35.7 Å². The number of hydrogen-bond donors (Lipinski definition) is 2. The van der Waals surface area contributed by atoms with Gasteiger partial charge in [0, 0.05) is 6.54 Å². The Balaban J connectivity index is 2.01. The summed E-state index contributed by atoms with van der Waals surface area (Å²) in [5.74, 6) is 0.716. The predicted octanol–water partition coefficient (Wildman–Crippen LogP) is 3.68. The van der Waals surface area contributed by atoms with Crippen LogP contribution < -0.4 is 10.1 Å². The van der Waals surface area contributed by atoms with E-state index in [9.17, 15) is 9.90 Å². The Bertz CT molecular complexity index is 611. The van der Waals surface area contributed by atoms with Crippen LogP contribution in [0.3, 0.4) is 0 Å². The Morgan fingerprint density at radius 3 is 2.41 bits per heavy atom. The molecule has 0 aliphatic heterocycles. The van der Waals surface area contributed by atoms with E-state index in [-0.39, 0.29) is 5.92 Å². The maximum absolute atomic E-state index is 11.2. The van der Waals surface area contributed by atoms with Gasteiger partial charge in [-0.1, -0.05) is 44.2 Å². The standard InChI is InChI=1S/C18H21NO3/c1-13(2)17(18(20)21)19-12-14-7-6-10-16(11-14)22-15-8-4-3-5-9-15/h3-11,13,17,19H,12H2,1-2H3,(H,20,21)/t17-/m1/s1. The van der Waals surface area contributed by atoms with E-state index in [0.717, 1.165) is 17.1 Å². The van der Waals surface area contributed by atoms with Crippen molar-refractivity contribution >= 4 is 5.97 Å². The summed E-state index contributed by atoms with van der Waals surface area (Å²) in [4.78, 5) is 11.2. The molecule has 0 aliphatic rings. The fourth-order valence-electron chi connectivity index (χ4n) is 2.18. The number of para-hydroxylation sites is 1. The van der Waals surface area contributed by atoms with E-state index >= 15 is 0 Å². The molecular formula is C18H21NO3. The van der Waals surface area contributed by atoms with E-state index in [0.29, 0.717) is 6.54 Å². The van der Waals surface area contributed by atoms with Gasteiger partial charge in [-0.3, -0.25) is 4.79 Å². The highest BCUT2D eigenvalue weighted by atomic mass is 16.5. The lowest BCUT2D eigenvalue weighted by atomic mass is 10.0. The molecule has 0 amide bonds.